The van der Waals surface area contributed by atoms with Crippen molar-refractivity contribution in [3.05, 3.63) is 103 Å². The maximum Gasteiger partial charge on any atom is 0.488 e. The fourth-order valence-electron chi connectivity index (χ4n) is 4.00. The fourth-order valence-corrected chi connectivity index (χ4v) is 4.00. The van der Waals surface area contributed by atoms with E-state index in [0.29, 0.717) is 5.46 Å². The van der Waals surface area contributed by atoms with Crippen molar-refractivity contribution >= 4 is 45.5 Å². The molecule has 0 aromatic heterocycles. The van der Waals surface area contributed by atoms with E-state index in [4.69, 9.17) is 0 Å². The minimum absolute atomic E-state index is 0.466. The Hall–Kier alpha value is -3.60. The number of fused-ring (bicyclic) bond motifs is 2. The van der Waals surface area contributed by atoms with Crippen molar-refractivity contribution in [2.24, 2.45) is 0 Å². The maximum absolute atomic E-state index is 9.35. The Bertz CT molecular complexity index is 1340. The van der Waals surface area contributed by atoms with Crippen molar-refractivity contribution in [1.82, 2.24) is 0 Å². The summed E-state index contributed by atoms with van der Waals surface area (Å²) in [4.78, 5) is 0. The molecule has 5 rings (SSSR count). The third kappa shape index (κ3) is 3.33. The summed E-state index contributed by atoms with van der Waals surface area (Å²) in [7, 11) is -1.47. The number of nitrogens with one attached hydrogen (secondary N) is 1. The van der Waals surface area contributed by atoms with Gasteiger partial charge in [-0.25, -0.2) is 0 Å². The zero-order valence-corrected chi connectivity index (χ0v) is 16.3. The van der Waals surface area contributed by atoms with Crippen molar-refractivity contribution in [3.63, 3.8) is 0 Å². The van der Waals surface area contributed by atoms with Crippen LogP contribution in [-0.4, -0.2) is 17.2 Å². The average Bonchev–Trinajstić information content (AvgIpc) is 2.79. The molecule has 0 fully saturated rings. The molecule has 144 valence electrons. The van der Waals surface area contributed by atoms with Crippen molar-refractivity contribution < 1.29 is 10.0 Å². The molecule has 0 radical (unpaired) electrons. The molecule has 30 heavy (non-hydrogen) atoms. The smallest absolute Gasteiger partial charge is 0.423 e. The Labute approximate surface area is 175 Å². The molecule has 5 aromatic carbocycles. The second kappa shape index (κ2) is 7.67. The molecule has 0 spiro atoms. The molecule has 0 heterocycles. The average molecular weight is 389 g/mol. The quantitative estimate of drug-likeness (QED) is 0.376. The molecule has 4 heteroatoms. The summed E-state index contributed by atoms with van der Waals surface area (Å²) in [5.41, 5.74) is 4.68. The van der Waals surface area contributed by atoms with Gasteiger partial charge in [0.05, 0.1) is 0 Å². The van der Waals surface area contributed by atoms with Gasteiger partial charge >= 0.3 is 7.12 Å². The summed E-state index contributed by atoms with van der Waals surface area (Å²) in [6.07, 6.45) is 0. The van der Waals surface area contributed by atoms with E-state index in [1.54, 1.807) is 12.1 Å². The highest BCUT2D eigenvalue weighted by Gasteiger charge is 2.14. The van der Waals surface area contributed by atoms with E-state index >= 15 is 0 Å². The monoisotopic (exact) mass is 389 g/mol. The number of benzene rings is 5. The van der Waals surface area contributed by atoms with Gasteiger partial charge in [-0.3, -0.25) is 0 Å². The molecule has 0 aliphatic rings. The van der Waals surface area contributed by atoms with Crippen LogP contribution in [-0.2, 0) is 0 Å². The van der Waals surface area contributed by atoms with Crippen LogP contribution in [0.1, 0.15) is 0 Å². The van der Waals surface area contributed by atoms with Crippen LogP contribution in [0.25, 0.3) is 32.7 Å². The van der Waals surface area contributed by atoms with E-state index in [1.165, 1.54) is 27.1 Å². The Kier molecular flexibility index (Phi) is 4.72. The van der Waals surface area contributed by atoms with Gasteiger partial charge in [-0.2, -0.15) is 0 Å². The predicted octanol–water partition coefficient (Wildman–Crippen LogP) is 5.08. The highest BCUT2D eigenvalue weighted by molar-refractivity contribution is 6.58. The first-order chi connectivity index (χ1) is 14.7. The third-order valence-electron chi connectivity index (χ3n) is 5.48. The summed E-state index contributed by atoms with van der Waals surface area (Å²) in [5, 5.41) is 27.0. The van der Waals surface area contributed by atoms with Crippen LogP contribution in [0.5, 0.6) is 0 Å². The van der Waals surface area contributed by atoms with E-state index in [9.17, 15) is 10.0 Å². The molecule has 0 aliphatic heterocycles. The van der Waals surface area contributed by atoms with Crippen LogP contribution in [0.15, 0.2) is 103 Å². The lowest BCUT2D eigenvalue weighted by molar-refractivity contribution is 0.426. The molecule has 5 aromatic rings. The summed E-state index contributed by atoms with van der Waals surface area (Å²) in [6.45, 7) is 0. The Balaban J connectivity index is 1.71. The summed E-state index contributed by atoms with van der Waals surface area (Å²) >= 11 is 0. The first-order valence-electron chi connectivity index (χ1n) is 9.94. The van der Waals surface area contributed by atoms with Gasteiger partial charge in [0.15, 0.2) is 0 Å². The molecule has 0 aliphatic carbocycles. The van der Waals surface area contributed by atoms with Crippen molar-refractivity contribution in [3.8, 4) is 11.1 Å². The second-order valence-electron chi connectivity index (χ2n) is 7.36. The molecule has 0 amide bonds. The van der Waals surface area contributed by atoms with Crippen molar-refractivity contribution in [2.45, 2.75) is 0 Å². The molecule has 0 atom stereocenters. The number of anilines is 2. The first kappa shape index (κ1) is 18.4. The van der Waals surface area contributed by atoms with Gasteiger partial charge in [0.25, 0.3) is 0 Å². The lowest BCUT2D eigenvalue weighted by atomic mass is 9.80. The standard InChI is InChI=1S/C26H20BNO2/c29-27(30)20-13-15-21(16-14-20)28-25-17-12-19-7-2-4-10-23(19)26(25)24-11-5-8-18-6-1-3-9-22(18)24/h1-17,28-30H. The van der Waals surface area contributed by atoms with E-state index in [0.717, 1.165) is 16.9 Å². The van der Waals surface area contributed by atoms with E-state index < -0.39 is 7.12 Å². The van der Waals surface area contributed by atoms with E-state index in [1.807, 2.05) is 12.1 Å². The third-order valence-corrected chi connectivity index (χ3v) is 5.48. The fraction of sp³-hybridized carbons (Fsp3) is 0. The zero-order valence-electron chi connectivity index (χ0n) is 16.3. The summed E-state index contributed by atoms with van der Waals surface area (Å²) < 4.78 is 0. The van der Waals surface area contributed by atoms with Crippen LogP contribution < -0.4 is 10.8 Å². The van der Waals surface area contributed by atoms with Crippen LogP contribution in [0.2, 0.25) is 0 Å². The van der Waals surface area contributed by atoms with Crippen LogP contribution >= 0.6 is 0 Å². The van der Waals surface area contributed by atoms with Gasteiger partial charge in [0.1, 0.15) is 0 Å². The zero-order chi connectivity index (χ0) is 20.5. The highest BCUT2D eigenvalue weighted by atomic mass is 16.4. The molecule has 3 nitrogen and oxygen atoms in total. The highest BCUT2D eigenvalue weighted by Crippen LogP contribution is 2.40. The largest absolute Gasteiger partial charge is 0.488 e. The Morgan fingerprint density at radius 1 is 0.567 bits per heavy atom. The molecule has 0 unspecified atom stereocenters. The van der Waals surface area contributed by atoms with E-state index in [-0.39, 0.29) is 0 Å². The summed E-state index contributed by atoms with van der Waals surface area (Å²) in [6, 6.07) is 34.6. The van der Waals surface area contributed by atoms with Crippen LogP contribution in [0, 0.1) is 0 Å². The minimum atomic E-state index is -1.47. The van der Waals surface area contributed by atoms with Crippen molar-refractivity contribution in [2.75, 3.05) is 5.32 Å². The van der Waals surface area contributed by atoms with Gasteiger partial charge < -0.3 is 15.4 Å². The van der Waals surface area contributed by atoms with Crippen LogP contribution in [0.4, 0.5) is 11.4 Å². The molecule has 3 N–H and O–H groups in total. The van der Waals surface area contributed by atoms with Crippen molar-refractivity contribution in [1.29, 1.82) is 0 Å². The van der Waals surface area contributed by atoms with E-state index in [2.05, 4.69) is 84.2 Å². The molecule has 0 saturated heterocycles. The Morgan fingerprint density at radius 3 is 1.93 bits per heavy atom. The molecular weight excluding hydrogens is 369 g/mol. The first-order valence-corrected chi connectivity index (χ1v) is 9.94. The molecule has 0 bridgehead atoms. The Morgan fingerprint density at radius 2 is 1.20 bits per heavy atom. The topological polar surface area (TPSA) is 52.5 Å². The minimum Gasteiger partial charge on any atom is -0.423 e. The summed E-state index contributed by atoms with van der Waals surface area (Å²) in [5.74, 6) is 0. The molecular formula is C26H20BNO2. The van der Waals surface area contributed by atoms with Gasteiger partial charge in [-0.05, 0) is 50.8 Å². The molecule has 0 saturated carbocycles. The van der Waals surface area contributed by atoms with Gasteiger partial charge in [0, 0.05) is 16.9 Å². The van der Waals surface area contributed by atoms with Gasteiger partial charge in [-0.1, -0.05) is 84.9 Å². The number of hydrogen-bond donors (Lipinski definition) is 3. The lowest BCUT2D eigenvalue weighted by Gasteiger charge is -2.17. The van der Waals surface area contributed by atoms with Gasteiger partial charge in [-0.15, -0.1) is 0 Å². The SMILES string of the molecule is OB(O)c1ccc(Nc2ccc3ccccc3c2-c2cccc3ccccc23)cc1. The lowest BCUT2D eigenvalue weighted by Crippen LogP contribution is -2.29. The second-order valence-corrected chi connectivity index (χ2v) is 7.36. The number of hydrogen-bond acceptors (Lipinski definition) is 3. The predicted molar refractivity (Wildman–Crippen MR) is 126 cm³/mol. The van der Waals surface area contributed by atoms with Crippen LogP contribution in [0.3, 0.4) is 0 Å². The van der Waals surface area contributed by atoms with Gasteiger partial charge in [0.2, 0.25) is 0 Å². The number of rotatable bonds is 4. The maximum atomic E-state index is 9.35. The normalized spacial score (nSPS) is 11.0.